The maximum absolute atomic E-state index is 11.6. The van der Waals surface area contributed by atoms with Crippen LogP contribution in [-0.2, 0) is 4.79 Å². The molecule has 0 amide bonds. The maximum Gasteiger partial charge on any atom is 0.261 e. The standard InChI is InChI=1S/C21H21NO5S/c1-4-25-18-11-14(9-10-17(18)26-13(2)3)12-19(20(23)24)28-21-22-15-7-5-6-8-16(15)27-21/h5-13H,4H2,1-3H3,(H,23,24)/p-1/b19-12+. The number of aliphatic carboxylic acids is 1. The van der Waals surface area contributed by atoms with Crippen molar-refractivity contribution in [3.8, 4) is 11.5 Å². The molecule has 28 heavy (non-hydrogen) atoms. The van der Waals surface area contributed by atoms with Crippen LogP contribution in [0.1, 0.15) is 26.3 Å². The van der Waals surface area contributed by atoms with Crippen molar-refractivity contribution >= 4 is 34.9 Å². The molecule has 1 aromatic heterocycles. The van der Waals surface area contributed by atoms with Gasteiger partial charge < -0.3 is 23.8 Å². The van der Waals surface area contributed by atoms with Gasteiger partial charge in [-0.3, -0.25) is 0 Å². The zero-order valence-corrected chi connectivity index (χ0v) is 16.6. The van der Waals surface area contributed by atoms with E-state index in [0.717, 1.165) is 11.8 Å². The van der Waals surface area contributed by atoms with Gasteiger partial charge in [0, 0.05) is 4.91 Å². The fraction of sp³-hybridized carbons (Fsp3) is 0.238. The van der Waals surface area contributed by atoms with Crippen molar-refractivity contribution < 1.29 is 23.8 Å². The van der Waals surface area contributed by atoms with Gasteiger partial charge in [0.1, 0.15) is 5.52 Å². The van der Waals surface area contributed by atoms with Crippen LogP contribution in [0.3, 0.4) is 0 Å². The van der Waals surface area contributed by atoms with Gasteiger partial charge >= 0.3 is 0 Å². The minimum absolute atomic E-state index is 0.00547. The third kappa shape index (κ3) is 4.86. The number of hydrogen-bond acceptors (Lipinski definition) is 7. The summed E-state index contributed by atoms with van der Waals surface area (Å²) in [6.07, 6.45) is 1.49. The van der Waals surface area contributed by atoms with Crippen molar-refractivity contribution in [2.45, 2.75) is 32.1 Å². The van der Waals surface area contributed by atoms with Crippen LogP contribution in [0, 0.1) is 0 Å². The summed E-state index contributed by atoms with van der Waals surface area (Å²) in [7, 11) is 0. The molecule has 0 spiro atoms. The van der Waals surface area contributed by atoms with Crippen LogP contribution < -0.4 is 14.6 Å². The Kier molecular flexibility index (Phi) is 6.26. The van der Waals surface area contributed by atoms with Crippen LogP contribution >= 0.6 is 11.8 Å². The van der Waals surface area contributed by atoms with E-state index in [0.29, 0.717) is 34.8 Å². The number of thioether (sulfide) groups is 1. The first-order valence-corrected chi connectivity index (χ1v) is 9.68. The number of ether oxygens (including phenoxy) is 2. The Balaban J connectivity index is 1.90. The molecule has 146 valence electrons. The lowest BCUT2D eigenvalue weighted by atomic mass is 10.2. The average Bonchev–Trinajstić information content (AvgIpc) is 3.05. The van der Waals surface area contributed by atoms with E-state index in [1.165, 1.54) is 6.08 Å². The second-order valence-corrected chi connectivity index (χ2v) is 7.14. The molecule has 0 N–H and O–H groups in total. The Morgan fingerprint density at radius 2 is 2.04 bits per heavy atom. The van der Waals surface area contributed by atoms with Gasteiger partial charge in [-0.2, -0.15) is 0 Å². The van der Waals surface area contributed by atoms with Crippen molar-refractivity contribution in [3.05, 3.63) is 52.9 Å². The predicted molar refractivity (Wildman–Crippen MR) is 106 cm³/mol. The van der Waals surface area contributed by atoms with E-state index in [2.05, 4.69) is 4.98 Å². The largest absolute Gasteiger partial charge is 0.544 e. The number of hydrogen-bond donors (Lipinski definition) is 0. The number of carbonyl (C=O) groups excluding carboxylic acids is 1. The highest BCUT2D eigenvalue weighted by Gasteiger charge is 2.12. The van der Waals surface area contributed by atoms with Crippen LogP contribution in [0.15, 0.2) is 57.0 Å². The number of benzene rings is 2. The predicted octanol–water partition coefficient (Wildman–Crippen LogP) is 3.90. The van der Waals surface area contributed by atoms with E-state index >= 15 is 0 Å². The normalized spacial score (nSPS) is 11.8. The molecule has 0 saturated carbocycles. The molecule has 2 aromatic carbocycles. The summed E-state index contributed by atoms with van der Waals surface area (Å²) in [5.74, 6) is -0.155. The lowest BCUT2D eigenvalue weighted by molar-refractivity contribution is -0.298. The number of para-hydroxylation sites is 2. The Labute approximate surface area is 167 Å². The van der Waals surface area contributed by atoms with Gasteiger partial charge in [0.25, 0.3) is 5.22 Å². The summed E-state index contributed by atoms with van der Waals surface area (Å²) >= 11 is 0.901. The minimum atomic E-state index is -1.31. The van der Waals surface area contributed by atoms with Gasteiger partial charge in [-0.25, -0.2) is 4.98 Å². The zero-order chi connectivity index (χ0) is 20.1. The number of aromatic nitrogens is 1. The molecular weight excluding hydrogens is 378 g/mol. The van der Waals surface area contributed by atoms with Gasteiger partial charge in [0.15, 0.2) is 17.1 Å². The average molecular weight is 398 g/mol. The van der Waals surface area contributed by atoms with Crippen LogP contribution in [0.5, 0.6) is 11.5 Å². The fourth-order valence-corrected chi connectivity index (χ4v) is 3.25. The molecular formula is C21H20NO5S-. The first-order valence-electron chi connectivity index (χ1n) is 8.86. The van der Waals surface area contributed by atoms with E-state index in [1.807, 2.05) is 32.9 Å². The van der Waals surface area contributed by atoms with Gasteiger partial charge in [-0.05, 0) is 68.4 Å². The Morgan fingerprint density at radius 3 is 2.71 bits per heavy atom. The second kappa shape index (κ2) is 8.84. The van der Waals surface area contributed by atoms with Crippen molar-refractivity contribution in [1.82, 2.24) is 4.98 Å². The summed E-state index contributed by atoms with van der Waals surface area (Å²) in [4.78, 5) is 15.9. The van der Waals surface area contributed by atoms with Crippen LogP contribution in [0.25, 0.3) is 17.2 Å². The SMILES string of the molecule is CCOc1cc(/C=C(/Sc2nc3ccccc3o2)C(=O)[O-])ccc1OC(C)C. The topological polar surface area (TPSA) is 84.6 Å². The van der Waals surface area contributed by atoms with Crippen molar-refractivity contribution in [2.24, 2.45) is 0 Å². The van der Waals surface area contributed by atoms with Crippen molar-refractivity contribution in [1.29, 1.82) is 0 Å². The number of nitrogens with zero attached hydrogens (tertiary/aromatic N) is 1. The zero-order valence-electron chi connectivity index (χ0n) is 15.8. The maximum atomic E-state index is 11.6. The van der Waals surface area contributed by atoms with E-state index in [-0.39, 0.29) is 16.2 Å². The molecule has 0 aliphatic rings. The summed E-state index contributed by atoms with van der Waals surface area (Å²) in [6, 6.07) is 12.5. The Morgan fingerprint density at radius 1 is 1.25 bits per heavy atom. The molecule has 3 aromatic rings. The minimum Gasteiger partial charge on any atom is -0.544 e. The van der Waals surface area contributed by atoms with E-state index < -0.39 is 5.97 Å². The smallest absolute Gasteiger partial charge is 0.261 e. The molecule has 1 heterocycles. The highest BCUT2D eigenvalue weighted by Crippen LogP contribution is 2.33. The third-order valence-corrected chi connectivity index (χ3v) is 4.45. The number of rotatable bonds is 8. The Bertz CT molecular complexity index is 976. The second-order valence-electron chi connectivity index (χ2n) is 6.15. The highest BCUT2D eigenvalue weighted by atomic mass is 32.2. The van der Waals surface area contributed by atoms with Gasteiger partial charge in [-0.1, -0.05) is 18.2 Å². The molecule has 0 atom stereocenters. The van der Waals surface area contributed by atoms with E-state index in [1.54, 1.807) is 30.3 Å². The van der Waals surface area contributed by atoms with E-state index in [9.17, 15) is 9.90 Å². The highest BCUT2D eigenvalue weighted by molar-refractivity contribution is 8.03. The summed E-state index contributed by atoms with van der Waals surface area (Å²) in [5.41, 5.74) is 1.90. The summed E-state index contributed by atoms with van der Waals surface area (Å²) in [5, 5.41) is 11.9. The molecule has 7 heteroatoms. The number of fused-ring (bicyclic) bond motifs is 1. The monoisotopic (exact) mass is 398 g/mol. The molecule has 0 unspecified atom stereocenters. The number of carboxylic acid groups (broad SMARTS) is 1. The quantitative estimate of drug-likeness (QED) is 0.420. The molecule has 3 rings (SSSR count). The lowest BCUT2D eigenvalue weighted by Gasteiger charge is -2.15. The fourth-order valence-electron chi connectivity index (χ4n) is 2.50. The number of carbonyl (C=O) groups is 1. The van der Waals surface area contributed by atoms with Crippen molar-refractivity contribution in [3.63, 3.8) is 0 Å². The summed E-state index contributed by atoms with van der Waals surface area (Å²) < 4.78 is 16.9. The first kappa shape index (κ1) is 19.8. The molecule has 0 fully saturated rings. The first-order chi connectivity index (χ1) is 13.5. The van der Waals surface area contributed by atoms with Gasteiger partial charge in [0.2, 0.25) is 0 Å². The van der Waals surface area contributed by atoms with Gasteiger partial charge in [-0.15, -0.1) is 0 Å². The summed E-state index contributed by atoms with van der Waals surface area (Å²) in [6.45, 7) is 6.19. The van der Waals surface area contributed by atoms with Crippen molar-refractivity contribution in [2.75, 3.05) is 6.61 Å². The molecule has 0 aliphatic heterocycles. The molecule has 0 radical (unpaired) electrons. The number of carboxylic acids is 1. The third-order valence-electron chi connectivity index (χ3n) is 3.60. The Hall–Kier alpha value is -2.93. The lowest BCUT2D eigenvalue weighted by Crippen LogP contribution is -2.23. The number of oxazole rings is 1. The van der Waals surface area contributed by atoms with Crippen LogP contribution in [0.2, 0.25) is 0 Å². The van der Waals surface area contributed by atoms with E-state index in [4.69, 9.17) is 13.9 Å². The molecule has 6 nitrogen and oxygen atoms in total. The molecule has 0 bridgehead atoms. The van der Waals surface area contributed by atoms with Gasteiger partial charge in [0.05, 0.1) is 18.7 Å². The molecule has 0 saturated heterocycles. The molecule has 0 aliphatic carbocycles. The van der Waals surface area contributed by atoms with Crippen LogP contribution in [-0.4, -0.2) is 23.7 Å². The van der Waals surface area contributed by atoms with Crippen LogP contribution in [0.4, 0.5) is 0 Å².